The van der Waals surface area contributed by atoms with E-state index < -0.39 is 17.9 Å². The smallest absolute Gasteiger partial charge is 0.337 e. The van der Waals surface area contributed by atoms with E-state index in [1.54, 1.807) is 19.1 Å². The monoisotopic (exact) mass is 408 g/mol. The number of rotatable bonds is 6. The first-order chi connectivity index (χ1) is 13.2. The van der Waals surface area contributed by atoms with Crippen molar-refractivity contribution < 1.29 is 24.3 Å². The van der Waals surface area contributed by atoms with E-state index in [4.69, 9.17) is 0 Å². The van der Waals surface area contributed by atoms with E-state index in [0.29, 0.717) is 19.5 Å². The Bertz CT molecular complexity index is 772. The SMILES string of the molecule is CCNC(=O)N1CC(S)CC1C(=O)N(C)CC(=O)Nc1ccccc1C(=O)O. The van der Waals surface area contributed by atoms with Gasteiger partial charge in [0.25, 0.3) is 0 Å². The van der Waals surface area contributed by atoms with Crippen LogP contribution in [0.25, 0.3) is 0 Å². The van der Waals surface area contributed by atoms with Crippen molar-refractivity contribution in [1.82, 2.24) is 15.1 Å². The summed E-state index contributed by atoms with van der Waals surface area (Å²) in [6.45, 7) is 2.30. The number of hydrogen-bond donors (Lipinski definition) is 4. The average molecular weight is 408 g/mol. The summed E-state index contributed by atoms with van der Waals surface area (Å²) in [4.78, 5) is 51.1. The van der Waals surface area contributed by atoms with Crippen molar-refractivity contribution in [1.29, 1.82) is 0 Å². The molecule has 0 bridgehead atoms. The number of para-hydroxylation sites is 1. The molecular weight excluding hydrogens is 384 g/mol. The molecular formula is C18H24N4O5S. The van der Waals surface area contributed by atoms with Crippen LogP contribution < -0.4 is 10.6 Å². The summed E-state index contributed by atoms with van der Waals surface area (Å²) in [5.74, 6) is -2.07. The van der Waals surface area contributed by atoms with Gasteiger partial charge in [-0.3, -0.25) is 9.59 Å². The van der Waals surface area contributed by atoms with Gasteiger partial charge in [-0.1, -0.05) is 12.1 Å². The van der Waals surface area contributed by atoms with Crippen LogP contribution in [0.5, 0.6) is 0 Å². The summed E-state index contributed by atoms with van der Waals surface area (Å²) in [5.41, 5.74) is 0.113. The van der Waals surface area contributed by atoms with E-state index in [0.717, 1.165) is 0 Å². The second kappa shape index (κ2) is 9.45. The molecule has 2 rings (SSSR count). The molecule has 1 aliphatic rings. The minimum absolute atomic E-state index is 0.0408. The Morgan fingerprint density at radius 1 is 1.29 bits per heavy atom. The summed E-state index contributed by atoms with van der Waals surface area (Å²) in [5, 5.41) is 14.2. The number of likely N-dealkylation sites (tertiary alicyclic amines) is 1. The van der Waals surface area contributed by atoms with Gasteiger partial charge in [0.05, 0.1) is 17.8 Å². The molecule has 0 aliphatic carbocycles. The number of nitrogens with one attached hydrogen (secondary N) is 2. The fourth-order valence-corrected chi connectivity index (χ4v) is 3.42. The molecule has 28 heavy (non-hydrogen) atoms. The first-order valence-electron chi connectivity index (χ1n) is 8.84. The topological polar surface area (TPSA) is 119 Å². The molecule has 2 atom stereocenters. The molecule has 4 amide bonds. The number of urea groups is 1. The molecule has 1 heterocycles. The minimum Gasteiger partial charge on any atom is -0.478 e. The zero-order valence-electron chi connectivity index (χ0n) is 15.7. The van der Waals surface area contributed by atoms with Gasteiger partial charge < -0.3 is 25.5 Å². The van der Waals surface area contributed by atoms with Crippen LogP contribution >= 0.6 is 12.6 Å². The van der Waals surface area contributed by atoms with Crippen LogP contribution in [0.1, 0.15) is 23.7 Å². The lowest BCUT2D eigenvalue weighted by molar-refractivity contribution is -0.136. The minimum atomic E-state index is -1.16. The van der Waals surface area contributed by atoms with Crippen molar-refractivity contribution in [3.05, 3.63) is 29.8 Å². The Hall–Kier alpha value is -2.75. The number of amides is 4. The number of carbonyl (C=O) groups is 4. The van der Waals surface area contributed by atoms with E-state index in [2.05, 4.69) is 23.3 Å². The number of aromatic carboxylic acids is 1. The lowest BCUT2D eigenvalue weighted by atomic mass is 10.1. The van der Waals surface area contributed by atoms with Crippen LogP contribution in [0.2, 0.25) is 0 Å². The van der Waals surface area contributed by atoms with Gasteiger partial charge in [-0.15, -0.1) is 0 Å². The molecule has 1 aliphatic heterocycles. The largest absolute Gasteiger partial charge is 0.478 e. The summed E-state index contributed by atoms with van der Waals surface area (Å²) < 4.78 is 0. The Morgan fingerprint density at radius 2 is 1.96 bits per heavy atom. The molecule has 1 saturated heterocycles. The lowest BCUT2D eigenvalue weighted by Gasteiger charge is -2.27. The number of thiol groups is 1. The third-order valence-electron chi connectivity index (χ3n) is 4.34. The van der Waals surface area contributed by atoms with Crippen molar-refractivity contribution in [2.24, 2.45) is 0 Å². The van der Waals surface area contributed by atoms with Gasteiger partial charge in [-0.05, 0) is 25.5 Å². The van der Waals surface area contributed by atoms with Gasteiger partial charge in [-0.25, -0.2) is 9.59 Å². The molecule has 9 nitrogen and oxygen atoms in total. The number of carboxylic acid groups (broad SMARTS) is 1. The van der Waals surface area contributed by atoms with Crippen molar-refractivity contribution in [2.75, 3.05) is 32.0 Å². The Labute approximate surface area is 168 Å². The number of anilines is 1. The highest BCUT2D eigenvalue weighted by Gasteiger charge is 2.39. The number of benzene rings is 1. The van der Waals surface area contributed by atoms with Crippen molar-refractivity contribution >= 4 is 42.1 Å². The lowest BCUT2D eigenvalue weighted by Crippen LogP contribution is -2.51. The zero-order chi connectivity index (χ0) is 20.8. The third-order valence-corrected chi connectivity index (χ3v) is 4.72. The highest BCUT2D eigenvalue weighted by atomic mass is 32.1. The molecule has 10 heteroatoms. The first-order valence-corrected chi connectivity index (χ1v) is 9.35. The third kappa shape index (κ3) is 5.16. The van der Waals surface area contributed by atoms with Crippen LogP contribution in [-0.2, 0) is 9.59 Å². The fourth-order valence-electron chi connectivity index (χ4n) is 3.04. The highest BCUT2D eigenvalue weighted by Crippen LogP contribution is 2.23. The van der Waals surface area contributed by atoms with E-state index in [1.165, 1.54) is 29.0 Å². The predicted molar refractivity (Wildman–Crippen MR) is 107 cm³/mol. The maximum atomic E-state index is 12.8. The van der Waals surface area contributed by atoms with Gasteiger partial charge in [0.2, 0.25) is 11.8 Å². The second-order valence-corrected chi connectivity index (χ2v) is 7.22. The summed E-state index contributed by atoms with van der Waals surface area (Å²) >= 11 is 4.38. The zero-order valence-corrected chi connectivity index (χ0v) is 16.6. The fraction of sp³-hybridized carbons (Fsp3) is 0.444. The standard InChI is InChI=1S/C18H24N4O5S/c1-3-19-18(27)22-9-11(28)8-14(22)16(24)21(2)10-15(23)20-13-7-5-4-6-12(13)17(25)26/h4-7,11,14,28H,3,8-10H2,1-2H3,(H,19,27)(H,20,23)(H,25,26). The van der Waals surface area contributed by atoms with Gasteiger partial charge in [-0.2, -0.15) is 12.6 Å². The Balaban J connectivity index is 2.02. The molecule has 0 radical (unpaired) electrons. The normalized spacial score (nSPS) is 18.5. The summed E-state index contributed by atoms with van der Waals surface area (Å²) in [6, 6.07) is 4.97. The molecule has 152 valence electrons. The van der Waals surface area contributed by atoms with Gasteiger partial charge >= 0.3 is 12.0 Å². The number of carbonyl (C=O) groups excluding carboxylic acids is 3. The molecule has 1 fully saturated rings. The first kappa shape index (κ1) is 21.5. The molecule has 3 N–H and O–H groups in total. The van der Waals surface area contributed by atoms with E-state index in [1.807, 2.05) is 0 Å². The summed E-state index contributed by atoms with van der Waals surface area (Å²) in [6.07, 6.45) is 0.396. The Morgan fingerprint density at radius 3 is 2.61 bits per heavy atom. The van der Waals surface area contributed by atoms with Crippen molar-refractivity contribution in [2.45, 2.75) is 24.6 Å². The molecule has 2 unspecified atom stereocenters. The van der Waals surface area contributed by atoms with Gasteiger partial charge in [0.15, 0.2) is 0 Å². The number of carboxylic acids is 1. The second-order valence-electron chi connectivity index (χ2n) is 6.49. The maximum absolute atomic E-state index is 12.8. The quantitative estimate of drug-likeness (QED) is 0.521. The van der Waals surface area contributed by atoms with Crippen LogP contribution in [0.4, 0.5) is 10.5 Å². The molecule has 0 saturated carbocycles. The van der Waals surface area contributed by atoms with Crippen LogP contribution in [0.3, 0.4) is 0 Å². The number of likely N-dealkylation sites (N-methyl/N-ethyl adjacent to an activating group) is 1. The molecule has 0 aromatic heterocycles. The van der Waals surface area contributed by atoms with E-state index >= 15 is 0 Å². The van der Waals surface area contributed by atoms with Crippen molar-refractivity contribution in [3.63, 3.8) is 0 Å². The molecule has 1 aromatic rings. The predicted octanol–water partition coefficient (Wildman–Crippen LogP) is 0.884. The molecule has 1 aromatic carbocycles. The van der Waals surface area contributed by atoms with Crippen LogP contribution in [0, 0.1) is 0 Å². The molecule has 0 spiro atoms. The maximum Gasteiger partial charge on any atom is 0.337 e. The van der Waals surface area contributed by atoms with E-state index in [-0.39, 0.29) is 35.0 Å². The Kier molecular flexibility index (Phi) is 7.27. The van der Waals surface area contributed by atoms with Crippen LogP contribution in [-0.4, -0.2) is 76.7 Å². The van der Waals surface area contributed by atoms with Crippen molar-refractivity contribution in [3.8, 4) is 0 Å². The number of nitrogens with zero attached hydrogens (tertiary/aromatic N) is 2. The van der Waals surface area contributed by atoms with E-state index in [9.17, 15) is 24.3 Å². The summed E-state index contributed by atoms with van der Waals surface area (Å²) in [7, 11) is 1.47. The van der Waals surface area contributed by atoms with Gasteiger partial charge in [0, 0.05) is 25.4 Å². The van der Waals surface area contributed by atoms with Gasteiger partial charge in [0.1, 0.15) is 6.04 Å². The average Bonchev–Trinajstić information content (AvgIpc) is 3.03. The number of hydrogen-bond acceptors (Lipinski definition) is 5. The highest BCUT2D eigenvalue weighted by molar-refractivity contribution is 7.81. The van der Waals surface area contributed by atoms with Crippen LogP contribution in [0.15, 0.2) is 24.3 Å².